The summed E-state index contributed by atoms with van der Waals surface area (Å²) in [7, 11) is 0. The Morgan fingerprint density at radius 2 is 2.17 bits per heavy atom. The number of hydrogen-bond donors (Lipinski definition) is 0. The second kappa shape index (κ2) is 4.24. The van der Waals surface area contributed by atoms with E-state index in [4.69, 9.17) is 11.6 Å². The van der Waals surface area contributed by atoms with Crippen molar-refractivity contribution in [3.8, 4) is 0 Å². The molecule has 0 aliphatic heterocycles. The molecule has 1 aromatic rings. The van der Waals surface area contributed by atoms with E-state index in [1.807, 2.05) is 6.07 Å². The molecule has 0 N–H and O–H groups in total. The molecule has 66 valence electrons. The van der Waals surface area contributed by atoms with Crippen molar-refractivity contribution in [1.29, 1.82) is 0 Å². The Labute approximate surface area is 86.3 Å². The number of hydrogen-bond acceptors (Lipinski definition) is 1. The van der Waals surface area contributed by atoms with Crippen LogP contribution in [0.5, 0.6) is 0 Å². The van der Waals surface area contributed by atoms with E-state index < -0.39 is 0 Å². The van der Waals surface area contributed by atoms with E-state index in [0.29, 0.717) is 10.7 Å². The zero-order valence-corrected chi connectivity index (χ0v) is 9.43. The molecule has 2 atom stereocenters. The largest absolute Gasteiger partial charge is 0.263 e. The zero-order chi connectivity index (χ0) is 9.14. The maximum atomic E-state index is 5.98. The summed E-state index contributed by atoms with van der Waals surface area (Å²) in [6, 6.07) is 1.96. The van der Waals surface area contributed by atoms with E-state index in [1.54, 1.807) is 12.4 Å². The van der Waals surface area contributed by atoms with Crippen LogP contribution >= 0.6 is 27.5 Å². The first kappa shape index (κ1) is 10.0. The lowest BCUT2D eigenvalue weighted by Gasteiger charge is -2.15. The number of halogens is 2. The quantitative estimate of drug-likeness (QED) is 0.729. The van der Waals surface area contributed by atoms with Gasteiger partial charge >= 0.3 is 0 Å². The Morgan fingerprint density at radius 1 is 1.50 bits per heavy atom. The molecule has 1 nitrogen and oxygen atoms in total. The predicted molar refractivity (Wildman–Crippen MR) is 56.1 cm³/mol. The topological polar surface area (TPSA) is 12.9 Å². The Kier molecular flexibility index (Phi) is 3.53. The fourth-order valence-corrected chi connectivity index (χ4v) is 1.58. The lowest BCUT2D eigenvalue weighted by atomic mass is 10.00. The van der Waals surface area contributed by atoms with Gasteiger partial charge in [0.1, 0.15) is 0 Å². The van der Waals surface area contributed by atoms with Crippen molar-refractivity contribution in [2.45, 2.75) is 24.6 Å². The zero-order valence-electron chi connectivity index (χ0n) is 7.09. The van der Waals surface area contributed by atoms with E-state index in [0.717, 1.165) is 10.6 Å². The van der Waals surface area contributed by atoms with Crippen LogP contribution < -0.4 is 0 Å². The first-order valence-electron chi connectivity index (χ1n) is 3.86. The average molecular weight is 249 g/mol. The second-order valence-electron chi connectivity index (χ2n) is 2.86. The summed E-state index contributed by atoms with van der Waals surface area (Å²) in [6.07, 6.45) is 3.45. The van der Waals surface area contributed by atoms with Gasteiger partial charge in [-0.25, -0.2) is 0 Å². The van der Waals surface area contributed by atoms with Gasteiger partial charge in [0, 0.05) is 17.2 Å². The van der Waals surface area contributed by atoms with Crippen LogP contribution in [0.25, 0.3) is 0 Å². The number of aromatic nitrogens is 1. The van der Waals surface area contributed by atoms with Gasteiger partial charge in [-0.3, -0.25) is 4.98 Å². The van der Waals surface area contributed by atoms with Gasteiger partial charge in [0.05, 0.1) is 5.02 Å². The maximum absolute atomic E-state index is 5.98. The van der Waals surface area contributed by atoms with Gasteiger partial charge < -0.3 is 0 Å². The molecule has 0 saturated carbocycles. The first-order chi connectivity index (χ1) is 5.63. The van der Waals surface area contributed by atoms with Crippen molar-refractivity contribution < 1.29 is 0 Å². The third-order valence-electron chi connectivity index (χ3n) is 1.98. The number of alkyl halides is 1. The standard InChI is InChI=1S/C9H11BrClN/c1-6(7(2)10)8-3-4-12-5-9(8)11/h3-7H,1-2H3. The maximum Gasteiger partial charge on any atom is 0.0624 e. The van der Waals surface area contributed by atoms with Crippen molar-refractivity contribution >= 4 is 27.5 Å². The minimum Gasteiger partial charge on any atom is -0.263 e. The molecule has 2 unspecified atom stereocenters. The van der Waals surface area contributed by atoms with E-state index in [2.05, 4.69) is 34.8 Å². The normalized spacial score (nSPS) is 15.7. The minimum absolute atomic E-state index is 0.417. The van der Waals surface area contributed by atoms with Gasteiger partial charge in [0.15, 0.2) is 0 Å². The average Bonchev–Trinajstić information content (AvgIpc) is 2.04. The van der Waals surface area contributed by atoms with Gasteiger partial charge in [-0.05, 0) is 17.5 Å². The summed E-state index contributed by atoms with van der Waals surface area (Å²) in [5.41, 5.74) is 1.15. The predicted octanol–water partition coefficient (Wildman–Crippen LogP) is 3.62. The summed E-state index contributed by atoms with van der Waals surface area (Å²) >= 11 is 9.51. The summed E-state index contributed by atoms with van der Waals surface area (Å²) in [4.78, 5) is 4.37. The highest BCUT2D eigenvalue weighted by Gasteiger charge is 2.13. The van der Waals surface area contributed by atoms with E-state index >= 15 is 0 Å². The SMILES string of the molecule is CC(Br)C(C)c1ccncc1Cl. The molecule has 1 rings (SSSR count). The van der Waals surface area contributed by atoms with Gasteiger partial charge in [0.25, 0.3) is 0 Å². The first-order valence-corrected chi connectivity index (χ1v) is 5.15. The van der Waals surface area contributed by atoms with Crippen LogP contribution in [-0.2, 0) is 0 Å². The number of pyridine rings is 1. The summed E-state index contributed by atoms with van der Waals surface area (Å²) in [5.74, 6) is 0.417. The van der Waals surface area contributed by atoms with Crippen molar-refractivity contribution in [3.05, 3.63) is 29.0 Å². The smallest absolute Gasteiger partial charge is 0.0624 e. The Hall–Kier alpha value is -0.0800. The van der Waals surface area contributed by atoms with Crippen LogP contribution in [-0.4, -0.2) is 9.81 Å². The van der Waals surface area contributed by atoms with Gasteiger partial charge in [-0.1, -0.05) is 41.4 Å². The van der Waals surface area contributed by atoms with E-state index in [9.17, 15) is 0 Å². The molecular weight excluding hydrogens is 237 g/mol. The Morgan fingerprint density at radius 3 is 2.67 bits per heavy atom. The Bertz CT molecular complexity index is 262. The van der Waals surface area contributed by atoms with Crippen LogP contribution in [0.15, 0.2) is 18.5 Å². The Balaban J connectivity index is 2.94. The lowest BCUT2D eigenvalue weighted by Crippen LogP contribution is -2.04. The summed E-state index contributed by atoms with van der Waals surface area (Å²) < 4.78 is 0. The molecule has 0 spiro atoms. The highest BCUT2D eigenvalue weighted by Crippen LogP contribution is 2.28. The molecule has 0 saturated heterocycles. The molecule has 0 bridgehead atoms. The monoisotopic (exact) mass is 247 g/mol. The van der Waals surface area contributed by atoms with Crippen LogP contribution in [0.4, 0.5) is 0 Å². The van der Waals surface area contributed by atoms with Crippen LogP contribution in [0.2, 0.25) is 5.02 Å². The lowest BCUT2D eigenvalue weighted by molar-refractivity contribution is 0.760. The molecule has 3 heteroatoms. The molecule has 0 aromatic carbocycles. The summed E-state index contributed by atoms with van der Waals surface area (Å²) in [5, 5.41) is 0.747. The van der Waals surface area contributed by atoms with Crippen LogP contribution in [0, 0.1) is 0 Å². The van der Waals surface area contributed by atoms with E-state index in [1.165, 1.54) is 0 Å². The van der Waals surface area contributed by atoms with Crippen molar-refractivity contribution in [2.75, 3.05) is 0 Å². The minimum atomic E-state index is 0.417. The molecule has 12 heavy (non-hydrogen) atoms. The molecular formula is C9H11BrClN. The molecule has 1 heterocycles. The number of nitrogens with zero attached hydrogens (tertiary/aromatic N) is 1. The molecule has 0 aliphatic rings. The van der Waals surface area contributed by atoms with Gasteiger partial charge in [0.2, 0.25) is 0 Å². The molecule has 0 amide bonds. The van der Waals surface area contributed by atoms with Crippen LogP contribution in [0.1, 0.15) is 25.3 Å². The second-order valence-corrected chi connectivity index (χ2v) is 4.71. The van der Waals surface area contributed by atoms with Gasteiger partial charge in [-0.2, -0.15) is 0 Å². The van der Waals surface area contributed by atoms with Crippen molar-refractivity contribution in [3.63, 3.8) is 0 Å². The van der Waals surface area contributed by atoms with Crippen molar-refractivity contribution in [1.82, 2.24) is 4.98 Å². The summed E-state index contributed by atoms with van der Waals surface area (Å²) in [6.45, 7) is 4.25. The fraction of sp³-hybridized carbons (Fsp3) is 0.444. The number of rotatable bonds is 2. The fourth-order valence-electron chi connectivity index (χ4n) is 1.00. The third-order valence-corrected chi connectivity index (χ3v) is 3.09. The van der Waals surface area contributed by atoms with E-state index in [-0.39, 0.29) is 0 Å². The van der Waals surface area contributed by atoms with Gasteiger partial charge in [-0.15, -0.1) is 0 Å². The third kappa shape index (κ3) is 2.20. The van der Waals surface area contributed by atoms with Crippen LogP contribution in [0.3, 0.4) is 0 Å². The van der Waals surface area contributed by atoms with Crippen molar-refractivity contribution in [2.24, 2.45) is 0 Å². The molecule has 0 aliphatic carbocycles. The molecule has 0 fully saturated rings. The molecule has 0 radical (unpaired) electrons. The highest BCUT2D eigenvalue weighted by atomic mass is 79.9. The highest BCUT2D eigenvalue weighted by molar-refractivity contribution is 9.09. The molecule has 1 aromatic heterocycles.